The van der Waals surface area contributed by atoms with Crippen molar-refractivity contribution in [2.45, 2.75) is 31.1 Å². The molecule has 5 N–H and O–H groups in total. The Kier molecular flexibility index (Phi) is 5.36. The summed E-state index contributed by atoms with van der Waals surface area (Å²) in [5.41, 5.74) is 7.14. The molecule has 1 aliphatic rings. The molecule has 3 aromatic heterocycles. The SMILES string of the molecule is NC(=O)c1ncn([C@@H]2O[C@H](CNCc3cccn3-c3ccncc3)[C@@H](O)[C@H]2O)n1. The fourth-order valence-electron chi connectivity index (χ4n) is 3.29. The number of aliphatic hydroxyl groups excluding tert-OH is 2. The summed E-state index contributed by atoms with van der Waals surface area (Å²) in [6.07, 6.45) is 2.67. The van der Waals surface area contributed by atoms with E-state index >= 15 is 0 Å². The van der Waals surface area contributed by atoms with Crippen molar-refractivity contribution < 1.29 is 19.7 Å². The quantitative estimate of drug-likeness (QED) is 0.393. The predicted octanol–water partition coefficient (Wildman–Crippen LogP) is -1.03. The molecule has 4 rings (SSSR count). The van der Waals surface area contributed by atoms with E-state index in [2.05, 4.69) is 20.4 Å². The van der Waals surface area contributed by atoms with E-state index in [1.807, 2.05) is 35.0 Å². The Morgan fingerprint density at radius 1 is 1.24 bits per heavy atom. The highest BCUT2D eigenvalue weighted by Crippen LogP contribution is 2.28. The second-order valence-corrected chi connectivity index (χ2v) is 6.66. The van der Waals surface area contributed by atoms with Crippen molar-refractivity contribution in [3.63, 3.8) is 0 Å². The monoisotopic (exact) mass is 399 g/mol. The topological polar surface area (TPSA) is 153 Å². The van der Waals surface area contributed by atoms with Crippen LogP contribution in [0, 0.1) is 0 Å². The molecule has 1 aliphatic heterocycles. The van der Waals surface area contributed by atoms with E-state index in [-0.39, 0.29) is 5.82 Å². The number of aromatic nitrogens is 5. The summed E-state index contributed by atoms with van der Waals surface area (Å²) < 4.78 is 8.94. The van der Waals surface area contributed by atoms with Crippen molar-refractivity contribution >= 4 is 5.91 Å². The number of primary amides is 1. The maximum Gasteiger partial charge on any atom is 0.288 e. The van der Waals surface area contributed by atoms with Crippen LogP contribution >= 0.6 is 0 Å². The summed E-state index contributed by atoms with van der Waals surface area (Å²) in [5, 5.41) is 27.7. The van der Waals surface area contributed by atoms with Crippen LogP contribution in [0.1, 0.15) is 22.5 Å². The molecule has 0 unspecified atom stereocenters. The van der Waals surface area contributed by atoms with Crippen molar-refractivity contribution in [3.05, 3.63) is 60.7 Å². The maximum atomic E-state index is 11.1. The number of pyridine rings is 1. The molecular weight excluding hydrogens is 378 g/mol. The number of hydrogen-bond acceptors (Lipinski definition) is 8. The largest absolute Gasteiger partial charge is 0.387 e. The number of carbonyl (C=O) groups excluding carboxylic acids is 1. The third kappa shape index (κ3) is 3.89. The lowest BCUT2D eigenvalue weighted by molar-refractivity contribution is -0.0439. The Bertz CT molecular complexity index is 974. The van der Waals surface area contributed by atoms with Gasteiger partial charge in [-0.3, -0.25) is 9.78 Å². The van der Waals surface area contributed by atoms with Crippen molar-refractivity contribution in [1.29, 1.82) is 0 Å². The maximum absolute atomic E-state index is 11.1. The summed E-state index contributed by atoms with van der Waals surface area (Å²) in [4.78, 5) is 18.9. The number of nitrogens with one attached hydrogen (secondary N) is 1. The number of rotatable bonds is 7. The van der Waals surface area contributed by atoms with Gasteiger partial charge in [0, 0.05) is 43.1 Å². The number of hydrogen-bond donors (Lipinski definition) is 4. The summed E-state index contributed by atoms with van der Waals surface area (Å²) in [7, 11) is 0. The van der Waals surface area contributed by atoms with Crippen LogP contribution in [0.2, 0.25) is 0 Å². The first kappa shape index (κ1) is 19.2. The fourth-order valence-corrected chi connectivity index (χ4v) is 3.29. The van der Waals surface area contributed by atoms with Gasteiger partial charge >= 0.3 is 0 Å². The van der Waals surface area contributed by atoms with E-state index in [9.17, 15) is 15.0 Å². The second-order valence-electron chi connectivity index (χ2n) is 6.66. The zero-order valence-electron chi connectivity index (χ0n) is 15.4. The van der Waals surface area contributed by atoms with Crippen LogP contribution in [0.15, 0.2) is 49.2 Å². The predicted molar refractivity (Wildman–Crippen MR) is 99.7 cm³/mol. The molecule has 0 aromatic carbocycles. The minimum atomic E-state index is -1.22. The van der Waals surface area contributed by atoms with Gasteiger partial charge in [0.2, 0.25) is 5.82 Å². The van der Waals surface area contributed by atoms with Gasteiger partial charge < -0.3 is 30.6 Å². The third-order valence-electron chi connectivity index (χ3n) is 4.75. The molecule has 0 aliphatic carbocycles. The number of nitrogens with two attached hydrogens (primary N) is 1. The highest BCUT2D eigenvalue weighted by molar-refractivity contribution is 5.88. The van der Waals surface area contributed by atoms with E-state index < -0.39 is 30.4 Å². The van der Waals surface area contributed by atoms with Crippen LogP contribution in [0.3, 0.4) is 0 Å². The molecular formula is C18H21N7O4. The number of carbonyl (C=O) groups is 1. The first-order valence-corrected chi connectivity index (χ1v) is 9.04. The molecule has 1 saturated heterocycles. The lowest BCUT2D eigenvalue weighted by atomic mass is 10.1. The van der Waals surface area contributed by atoms with E-state index in [1.54, 1.807) is 12.4 Å². The average Bonchev–Trinajstić information content (AvgIpc) is 3.45. The minimum Gasteiger partial charge on any atom is -0.387 e. The van der Waals surface area contributed by atoms with Gasteiger partial charge in [-0.25, -0.2) is 9.67 Å². The smallest absolute Gasteiger partial charge is 0.288 e. The van der Waals surface area contributed by atoms with E-state index in [0.717, 1.165) is 11.4 Å². The van der Waals surface area contributed by atoms with Crippen LogP contribution in [-0.4, -0.2) is 65.3 Å². The lowest BCUT2D eigenvalue weighted by Crippen LogP contribution is -2.37. The zero-order valence-corrected chi connectivity index (χ0v) is 15.4. The van der Waals surface area contributed by atoms with Gasteiger partial charge in [-0.2, -0.15) is 0 Å². The van der Waals surface area contributed by atoms with Crippen LogP contribution in [-0.2, 0) is 11.3 Å². The van der Waals surface area contributed by atoms with Gasteiger partial charge in [0.1, 0.15) is 24.6 Å². The highest BCUT2D eigenvalue weighted by atomic mass is 16.6. The second kappa shape index (κ2) is 8.09. The standard InChI is InChI=1S/C18H21N7O4/c19-16(28)17-22-10-25(23-17)18-15(27)14(26)13(29-18)9-21-8-12-2-1-7-24(12)11-3-5-20-6-4-11/h1-7,10,13-15,18,21,26-27H,8-9H2,(H2,19,28)/t13-,14-,15-,18-/m1/s1. The summed E-state index contributed by atoms with van der Waals surface area (Å²) in [6.45, 7) is 0.825. The summed E-state index contributed by atoms with van der Waals surface area (Å²) in [5.74, 6) is -0.971. The molecule has 4 heterocycles. The van der Waals surface area contributed by atoms with E-state index in [4.69, 9.17) is 10.5 Å². The van der Waals surface area contributed by atoms with Gasteiger partial charge in [-0.15, -0.1) is 5.10 Å². The Labute approximate surface area is 165 Å². The molecule has 0 radical (unpaired) electrons. The van der Waals surface area contributed by atoms with Crippen molar-refractivity contribution in [2.75, 3.05) is 6.54 Å². The molecule has 29 heavy (non-hydrogen) atoms. The van der Waals surface area contributed by atoms with Gasteiger partial charge in [0.25, 0.3) is 5.91 Å². The molecule has 11 heteroatoms. The molecule has 0 bridgehead atoms. The Balaban J connectivity index is 1.37. The Morgan fingerprint density at radius 3 is 2.76 bits per heavy atom. The normalized spacial score (nSPS) is 24.1. The highest BCUT2D eigenvalue weighted by Gasteiger charge is 2.44. The van der Waals surface area contributed by atoms with Gasteiger partial charge in [-0.05, 0) is 24.3 Å². The van der Waals surface area contributed by atoms with Crippen LogP contribution in [0.5, 0.6) is 0 Å². The van der Waals surface area contributed by atoms with Gasteiger partial charge in [0.15, 0.2) is 6.23 Å². The fraction of sp³-hybridized carbons (Fsp3) is 0.333. The molecule has 0 saturated carbocycles. The van der Waals surface area contributed by atoms with Crippen LogP contribution in [0.4, 0.5) is 0 Å². The summed E-state index contributed by atoms with van der Waals surface area (Å²) >= 11 is 0. The zero-order chi connectivity index (χ0) is 20.4. The third-order valence-corrected chi connectivity index (χ3v) is 4.75. The van der Waals surface area contributed by atoms with E-state index in [1.165, 1.54) is 11.0 Å². The molecule has 0 spiro atoms. The molecule has 152 valence electrons. The molecule has 4 atom stereocenters. The van der Waals surface area contributed by atoms with E-state index in [0.29, 0.717) is 13.1 Å². The van der Waals surface area contributed by atoms with Gasteiger partial charge in [0.05, 0.1) is 0 Å². The van der Waals surface area contributed by atoms with Crippen molar-refractivity contribution in [2.24, 2.45) is 5.73 Å². The first-order chi connectivity index (χ1) is 14.0. The van der Waals surface area contributed by atoms with Gasteiger partial charge in [-0.1, -0.05) is 0 Å². The molecule has 1 fully saturated rings. The van der Waals surface area contributed by atoms with Crippen molar-refractivity contribution in [1.82, 2.24) is 29.6 Å². The van der Waals surface area contributed by atoms with Crippen LogP contribution < -0.4 is 11.1 Å². The number of aliphatic hydroxyl groups is 2. The molecule has 11 nitrogen and oxygen atoms in total. The molecule has 3 aromatic rings. The number of ether oxygens (including phenoxy) is 1. The van der Waals surface area contributed by atoms with Crippen molar-refractivity contribution in [3.8, 4) is 5.69 Å². The first-order valence-electron chi connectivity index (χ1n) is 9.04. The minimum absolute atomic E-state index is 0.186. The summed E-state index contributed by atoms with van der Waals surface area (Å²) in [6, 6.07) is 7.75. The lowest BCUT2D eigenvalue weighted by Gasteiger charge is -2.16. The Hall–Kier alpha value is -3.12. The Morgan fingerprint density at radius 2 is 2.03 bits per heavy atom. The molecule has 1 amide bonds. The average molecular weight is 399 g/mol. The van der Waals surface area contributed by atoms with Crippen LogP contribution in [0.25, 0.3) is 5.69 Å². The number of nitrogens with zero attached hydrogens (tertiary/aromatic N) is 5. The number of amides is 1.